The minimum atomic E-state index is 0.433. The number of aryl methyl sites for hydroxylation is 3. The molecule has 0 aliphatic heterocycles. The smallest absolute Gasteiger partial charge is 0.0627 e. The van der Waals surface area contributed by atoms with E-state index in [0.717, 1.165) is 5.56 Å². The van der Waals surface area contributed by atoms with Crippen molar-refractivity contribution in [3.8, 4) is 0 Å². The van der Waals surface area contributed by atoms with Gasteiger partial charge in [0.25, 0.3) is 0 Å². The third kappa shape index (κ3) is 2.86. The highest BCUT2D eigenvalue weighted by Gasteiger charge is 2.08. The molecule has 18 heavy (non-hydrogen) atoms. The summed E-state index contributed by atoms with van der Waals surface area (Å²) in [6, 6.07) is 14.4. The minimum absolute atomic E-state index is 0.433. The monoisotopic (exact) mass is 255 g/mol. The SMILES string of the molecule is Cc1cc(C)c(PC(=N)c2ccccc2)c(C)c1. The zero-order valence-electron chi connectivity index (χ0n) is 11.0. The summed E-state index contributed by atoms with van der Waals surface area (Å²) in [4.78, 5) is 0. The maximum atomic E-state index is 8.23. The van der Waals surface area contributed by atoms with E-state index >= 15 is 0 Å². The van der Waals surface area contributed by atoms with Crippen molar-refractivity contribution in [2.45, 2.75) is 20.8 Å². The Morgan fingerprint density at radius 2 is 1.50 bits per heavy atom. The van der Waals surface area contributed by atoms with Gasteiger partial charge in [0.15, 0.2) is 0 Å². The molecule has 1 unspecified atom stereocenters. The van der Waals surface area contributed by atoms with Crippen LogP contribution in [-0.4, -0.2) is 5.45 Å². The highest BCUT2D eigenvalue weighted by Crippen LogP contribution is 2.22. The zero-order valence-corrected chi connectivity index (χ0v) is 12.0. The summed E-state index contributed by atoms with van der Waals surface area (Å²) in [5, 5.41) is 9.54. The van der Waals surface area contributed by atoms with E-state index in [0.29, 0.717) is 14.0 Å². The van der Waals surface area contributed by atoms with Crippen LogP contribution in [0.4, 0.5) is 0 Å². The lowest BCUT2D eigenvalue weighted by Crippen LogP contribution is -2.09. The van der Waals surface area contributed by atoms with Gasteiger partial charge in [0.2, 0.25) is 0 Å². The van der Waals surface area contributed by atoms with Crippen molar-refractivity contribution in [2.24, 2.45) is 0 Å². The van der Waals surface area contributed by atoms with Crippen LogP contribution in [0.1, 0.15) is 22.3 Å². The average molecular weight is 255 g/mol. The molecule has 0 aliphatic carbocycles. The van der Waals surface area contributed by atoms with Crippen LogP contribution in [0.3, 0.4) is 0 Å². The van der Waals surface area contributed by atoms with Gasteiger partial charge in [0.1, 0.15) is 0 Å². The van der Waals surface area contributed by atoms with Crippen molar-refractivity contribution in [1.29, 1.82) is 5.41 Å². The Hall–Kier alpha value is -1.46. The molecule has 1 N–H and O–H groups in total. The molecule has 0 amide bonds. The highest BCUT2D eigenvalue weighted by atomic mass is 31.1. The van der Waals surface area contributed by atoms with Crippen LogP contribution in [0, 0.1) is 26.2 Å². The van der Waals surface area contributed by atoms with Crippen LogP contribution in [0.15, 0.2) is 42.5 Å². The van der Waals surface area contributed by atoms with E-state index in [4.69, 9.17) is 5.41 Å². The summed E-state index contributed by atoms with van der Waals surface area (Å²) in [7, 11) is 0.433. The number of hydrogen-bond acceptors (Lipinski definition) is 1. The summed E-state index contributed by atoms with van der Waals surface area (Å²) in [5.41, 5.74) is 5.63. The van der Waals surface area contributed by atoms with Crippen molar-refractivity contribution < 1.29 is 0 Å². The van der Waals surface area contributed by atoms with E-state index in [1.54, 1.807) is 0 Å². The van der Waals surface area contributed by atoms with Gasteiger partial charge in [-0.15, -0.1) is 0 Å². The fourth-order valence-corrected chi connectivity index (χ4v) is 3.28. The predicted octanol–water partition coefficient (Wildman–Crippen LogP) is 3.94. The van der Waals surface area contributed by atoms with Crippen LogP contribution in [0.2, 0.25) is 0 Å². The molecule has 0 saturated carbocycles. The van der Waals surface area contributed by atoms with Crippen molar-refractivity contribution in [3.05, 3.63) is 64.7 Å². The van der Waals surface area contributed by atoms with Gasteiger partial charge in [-0.05, 0) is 51.3 Å². The quantitative estimate of drug-likeness (QED) is 0.634. The number of hydrogen-bond donors (Lipinski definition) is 1. The fourth-order valence-electron chi connectivity index (χ4n) is 2.18. The third-order valence-electron chi connectivity index (χ3n) is 2.99. The Morgan fingerprint density at radius 3 is 2.06 bits per heavy atom. The lowest BCUT2D eigenvalue weighted by Gasteiger charge is -2.12. The highest BCUT2D eigenvalue weighted by molar-refractivity contribution is 7.66. The number of benzene rings is 2. The molecule has 2 aromatic carbocycles. The number of rotatable bonds is 3. The summed E-state index contributed by atoms with van der Waals surface area (Å²) in [6.07, 6.45) is 0. The van der Waals surface area contributed by atoms with Gasteiger partial charge < -0.3 is 0 Å². The van der Waals surface area contributed by atoms with Crippen LogP contribution in [-0.2, 0) is 0 Å². The first kappa shape index (κ1) is 13.0. The molecule has 92 valence electrons. The minimum Gasteiger partial charge on any atom is -0.300 e. The van der Waals surface area contributed by atoms with Crippen molar-refractivity contribution in [1.82, 2.24) is 0 Å². The van der Waals surface area contributed by atoms with Crippen molar-refractivity contribution >= 4 is 19.3 Å². The lowest BCUT2D eigenvalue weighted by atomic mass is 10.1. The molecular weight excluding hydrogens is 237 g/mol. The maximum Gasteiger partial charge on any atom is 0.0627 e. The van der Waals surface area contributed by atoms with Gasteiger partial charge in [0, 0.05) is 0 Å². The Morgan fingerprint density at radius 1 is 0.944 bits per heavy atom. The molecule has 0 spiro atoms. The van der Waals surface area contributed by atoms with E-state index < -0.39 is 0 Å². The molecule has 2 heteroatoms. The molecule has 1 atom stereocenters. The summed E-state index contributed by atoms with van der Waals surface area (Å²) in [6.45, 7) is 6.40. The van der Waals surface area contributed by atoms with Crippen LogP contribution >= 0.6 is 8.58 Å². The summed E-state index contributed by atoms with van der Waals surface area (Å²) >= 11 is 0. The van der Waals surface area contributed by atoms with Crippen molar-refractivity contribution in [3.63, 3.8) is 0 Å². The second-order valence-electron chi connectivity index (χ2n) is 4.64. The molecule has 0 bridgehead atoms. The molecule has 2 aromatic rings. The molecule has 0 aromatic heterocycles. The fraction of sp³-hybridized carbons (Fsp3) is 0.188. The molecule has 1 nitrogen and oxygen atoms in total. The molecule has 0 fully saturated rings. The van der Waals surface area contributed by atoms with Gasteiger partial charge in [0.05, 0.1) is 5.45 Å². The predicted molar refractivity (Wildman–Crippen MR) is 81.9 cm³/mol. The van der Waals surface area contributed by atoms with E-state index in [1.165, 1.54) is 22.0 Å². The molecule has 0 saturated heterocycles. The summed E-state index contributed by atoms with van der Waals surface area (Å²) in [5.74, 6) is 0. The Balaban J connectivity index is 2.28. The topological polar surface area (TPSA) is 23.9 Å². The Bertz CT molecular complexity index is 550. The first-order valence-corrected chi connectivity index (χ1v) is 7.07. The first-order chi connectivity index (χ1) is 8.58. The van der Waals surface area contributed by atoms with E-state index in [1.807, 2.05) is 30.3 Å². The largest absolute Gasteiger partial charge is 0.300 e. The second-order valence-corrected chi connectivity index (χ2v) is 5.89. The first-order valence-electron chi connectivity index (χ1n) is 6.07. The van der Waals surface area contributed by atoms with E-state index in [2.05, 4.69) is 32.9 Å². The molecular formula is C16H18NP. The van der Waals surface area contributed by atoms with Crippen LogP contribution < -0.4 is 5.30 Å². The normalized spacial score (nSPS) is 11.1. The van der Waals surface area contributed by atoms with Gasteiger partial charge >= 0.3 is 0 Å². The maximum absolute atomic E-state index is 8.23. The average Bonchev–Trinajstić information content (AvgIpc) is 2.34. The standard InChI is InChI=1S/C16H18NP/c1-11-9-12(2)15(13(3)10-11)18-16(17)14-7-5-4-6-8-14/h4-10,17-18H,1-3H3. The molecule has 0 radical (unpaired) electrons. The molecule has 0 heterocycles. The van der Waals surface area contributed by atoms with Gasteiger partial charge in [-0.1, -0.05) is 48.0 Å². The van der Waals surface area contributed by atoms with Crippen molar-refractivity contribution in [2.75, 3.05) is 0 Å². The number of nitrogens with one attached hydrogen (secondary N) is 1. The van der Waals surface area contributed by atoms with Crippen LogP contribution in [0.25, 0.3) is 0 Å². The summed E-state index contributed by atoms with van der Waals surface area (Å²) < 4.78 is 0. The second kappa shape index (κ2) is 5.46. The molecule has 2 rings (SSSR count). The zero-order chi connectivity index (χ0) is 13.1. The lowest BCUT2D eigenvalue weighted by molar-refractivity contribution is 1.36. The van der Waals surface area contributed by atoms with Crippen LogP contribution in [0.5, 0.6) is 0 Å². The van der Waals surface area contributed by atoms with Gasteiger partial charge in [-0.3, -0.25) is 5.41 Å². The Kier molecular flexibility index (Phi) is 3.93. The van der Waals surface area contributed by atoms with Gasteiger partial charge in [-0.25, -0.2) is 0 Å². The molecule has 0 aliphatic rings. The van der Waals surface area contributed by atoms with E-state index in [-0.39, 0.29) is 0 Å². The van der Waals surface area contributed by atoms with E-state index in [9.17, 15) is 0 Å². The Labute approximate surface area is 111 Å². The third-order valence-corrected chi connectivity index (χ3v) is 4.57. The van der Waals surface area contributed by atoms with Gasteiger partial charge in [-0.2, -0.15) is 0 Å².